The van der Waals surface area contributed by atoms with Crippen LogP contribution in [0.15, 0.2) is 22.5 Å². The van der Waals surface area contributed by atoms with Gasteiger partial charge in [-0.25, -0.2) is 5.84 Å². The Hall–Kier alpha value is -1.07. The zero-order valence-electron chi connectivity index (χ0n) is 9.86. The van der Waals surface area contributed by atoms with Gasteiger partial charge in [-0.1, -0.05) is 19.9 Å². The highest BCUT2D eigenvalue weighted by atomic mass is 32.1. The SMILES string of the molecule is CCCN=C(NN)NC(CC)c1cccs1. The van der Waals surface area contributed by atoms with Crippen LogP contribution in [0.2, 0.25) is 0 Å². The second-order valence-corrected chi connectivity index (χ2v) is 4.47. The molecule has 1 unspecified atom stereocenters. The number of guanidine groups is 1. The van der Waals surface area contributed by atoms with Gasteiger partial charge < -0.3 is 5.32 Å². The van der Waals surface area contributed by atoms with Gasteiger partial charge in [0, 0.05) is 11.4 Å². The second-order valence-electron chi connectivity index (χ2n) is 3.50. The summed E-state index contributed by atoms with van der Waals surface area (Å²) in [5.41, 5.74) is 2.61. The summed E-state index contributed by atoms with van der Waals surface area (Å²) in [6.45, 7) is 5.02. The van der Waals surface area contributed by atoms with Crippen molar-refractivity contribution in [2.45, 2.75) is 32.7 Å². The van der Waals surface area contributed by atoms with Gasteiger partial charge in [0.15, 0.2) is 0 Å². The summed E-state index contributed by atoms with van der Waals surface area (Å²) in [6.07, 6.45) is 2.02. The van der Waals surface area contributed by atoms with Crippen LogP contribution >= 0.6 is 11.3 Å². The van der Waals surface area contributed by atoms with Crippen molar-refractivity contribution in [1.82, 2.24) is 10.7 Å². The van der Waals surface area contributed by atoms with E-state index in [4.69, 9.17) is 5.84 Å². The molecular weight excluding hydrogens is 220 g/mol. The van der Waals surface area contributed by atoms with E-state index in [1.165, 1.54) is 4.88 Å². The van der Waals surface area contributed by atoms with Gasteiger partial charge in [-0.15, -0.1) is 11.3 Å². The molecule has 0 saturated heterocycles. The predicted molar refractivity (Wildman–Crippen MR) is 70.4 cm³/mol. The Bertz CT molecular complexity index is 308. The van der Waals surface area contributed by atoms with Crippen LogP contribution in [0.1, 0.15) is 37.6 Å². The summed E-state index contributed by atoms with van der Waals surface area (Å²) in [4.78, 5) is 5.64. The maximum Gasteiger partial charge on any atom is 0.206 e. The van der Waals surface area contributed by atoms with Gasteiger partial charge in [-0.05, 0) is 24.3 Å². The maximum absolute atomic E-state index is 5.43. The van der Waals surface area contributed by atoms with Crippen LogP contribution in [0.4, 0.5) is 0 Å². The number of rotatable bonds is 5. The van der Waals surface area contributed by atoms with Crippen molar-refractivity contribution in [2.75, 3.05) is 6.54 Å². The number of nitrogens with two attached hydrogens (primary N) is 1. The van der Waals surface area contributed by atoms with Crippen LogP contribution < -0.4 is 16.6 Å². The molecule has 0 fully saturated rings. The molecule has 4 nitrogen and oxygen atoms in total. The molecular formula is C11H20N4S. The van der Waals surface area contributed by atoms with Crippen molar-refractivity contribution in [3.63, 3.8) is 0 Å². The van der Waals surface area contributed by atoms with Crippen molar-refractivity contribution >= 4 is 17.3 Å². The Labute approximate surface area is 101 Å². The summed E-state index contributed by atoms with van der Waals surface area (Å²) in [5.74, 6) is 6.10. The Kier molecular flexibility index (Phi) is 5.88. The van der Waals surface area contributed by atoms with E-state index in [-0.39, 0.29) is 6.04 Å². The molecule has 0 amide bonds. The quantitative estimate of drug-likeness (QED) is 0.319. The smallest absolute Gasteiger partial charge is 0.206 e. The minimum atomic E-state index is 0.284. The van der Waals surface area contributed by atoms with Crippen molar-refractivity contribution < 1.29 is 0 Å². The summed E-state index contributed by atoms with van der Waals surface area (Å²) >= 11 is 1.75. The first-order chi connectivity index (χ1) is 7.81. The highest BCUT2D eigenvalue weighted by molar-refractivity contribution is 7.10. The molecule has 4 N–H and O–H groups in total. The number of hydrogen-bond acceptors (Lipinski definition) is 3. The molecule has 1 rings (SSSR count). The third-order valence-corrected chi connectivity index (χ3v) is 3.22. The van der Waals surface area contributed by atoms with Gasteiger partial charge in [0.1, 0.15) is 0 Å². The van der Waals surface area contributed by atoms with E-state index >= 15 is 0 Å². The minimum absolute atomic E-state index is 0.284. The lowest BCUT2D eigenvalue weighted by Crippen LogP contribution is -2.43. The lowest BCUT2D eigenvalue weighted by molar-refractivity contribution is 0.619. The molecule has 1 aromatic heterocycles. The molecule has 0 aliphatic heterocycles. The average molecular weight is 240 g/mol. The largest absolute Gasteiger partial charge is 0.348 e. The van der Waals surface area contributed by atoms with Crippen LogP contribution in [0.3, 0.4) is 0 Å². The fraction of sp³-hybridized carbons (Fsp3) is 0.545. The molecule has 0 aliphatic carbocycles. The zero-order chi connectivity index (χ0) is 11.8. The van der Waals surface area contributed by atoms with Crippen LogP contribution in [-0.4, -0.2) is 12.5 Å². The fourth-order valence-electron chi connectivity index (χ4n) is 1.39. The van der Waals surface area contributed by atoms with E-state index in [1.807, 2.05) is 0 Å². The molecule has 0 saturated carbocycles. The van der Waals surface area contributed by atoms with Gasteiger partial charge in [-0.3, -0.25) is 10.4 Å². The number of hydrogen-bond donors (Lipinski definition) is 3. The minimum Gasteiger partial charge on any atom is -0.348 e. The summed E-state index contributed by atoms with van der Waals surface area (Å²) in [5, 5.41) is 5.40. The first-order valence-electron chi connectivity index (χ1n) is 5.62. The molecule has 5 heteroatoms. The number of nitrogens with zero attached hydrogens (tertiary/aromatic N) is 1. The number of nitrogens with one attached hydrogen (secondary N) is 2. The average Bonchev–Trinajstić information content (AvgIpc) is 2.83. The Morgan fingerprint density at radius 1 is 1.56 bits per heavy atom. The predicted octanol–water partition coefficient (Wildman–Crippen LogP) is 2.02. The normalized spacial score (nSPS) is 13.6. The highest BCUT2D eigenvalue weighted by Gasteiger charge is 2.11. The second kappa shape index (κ2) is 7.24. The third kappa shape index (κ3) is 3.83. The summed E-state index contributed by atoms with van der Waals surface area (Å²) in [7, 11) is 0. The fourth-order valence-corrected chi connectivity index (χ4v) is 2.25. The molecule has 16 heavy (non-hydrogen) atoms. The Morgan fingerprint density at radius 3 is 2.88 bits per heavy atom. The first kappa shape index (κ1) is 13.0. The summed E-state index contributed by atoms with van der Waals surface area (Å²) < 4.78 is 0. The van der Waals surface area contributed by atoms with Crippen LogP contribution in [0.25, 0.3) is 0 Å². The zero-order valence-corrected chi connectivity index (χ0v) is 10.7. The Morgan fingerprint density at radius 2 is 2.38 bits per heavy atom. The topological polar surface area (TPSA) is 62.4 Å². The monoisotopic (exact) mass is 240 g/mol. The molecule has 90 valence electrons. The van der Waals surface area contributed by atoms with Gasteiger partial charge >= 0.3 is 0 Å². The molecule has 0 spiro atoms. The van der Waals surface area contributed by atoms with Gasteiger partial charge in [0.05, 0.1) is 6.04 Å². The van der Waals surface area contributed by atoms with Gasteiger partial charge in [0.25, 0.3) is 0 Å². The van der Waals surface area contributed by atoms with Crippen LogP contribution in [0.5, 0.6) is 0 Å². The lowest BCUT2D eigenvalue weighted by atomic mass is 10.2. The van der Waals surface area contributed by atoms with Crippen molar-refractivity contribution in [2.24, 2.45) is 10.8 Å². The van der Waals surface area contributed by atoms with Crippen molar-refractivity contribution in [1.29, 1.82) is 0 Å². The van der Waals surface area contributed by atoms with E-state index in [1.54, 1.807) is 11.3 Å². The van der Waals surface area contributed by atoms with E-state index in [2.05, 4.69) is 47.1 Å². The van der Waals surface area contributed by atoms with E-state index in [9.17, 15) is 0 Å². The lowest BCUT2D eigenvalue weighted by Gasteiger charge is -2.17. The van der Waals surface area contributed by atoms with E-state index in [0.29, 0.717) is 5.96 Å². The van der Waals surface area contributed by atoms with Crippen LogP contribution in [-0.2, 0) is 0 Å². The maximum atomic E-state index is 5.43. The van der Waals surface area contributed by atoms with Crippen LogP contribution in [0, 0.1) is 0 Å². The first-order valence-corrected chi connectivity index (χ1v) is 6.50. The molecule has 0 bridgehead atoms. The Balaban J connectivity index is 2.61. The summed E-state index contributed by atoms with van der Waals surface area (Å²) in [6, 6.07) is 4.47. The molecule has 0 aromatic carbocycles. The molecule has 1 aromatic rings. The highest BCUT2D eigenvalue weighted by Crippen LogP contribution is 2.21. The molecule has 0 radical (unpaired) electrons. The van der Waals surface area contributed by atoms with E-state index < -0.39 is 0 Å². The third-order valence-electron chi connectivity index (χ3n) is 2.24. The number of hydrazine groups is 1. The van der Waals surface area contributed by atoms with Gasteiger partial charge in [0.2, 0.25) is 5.96 Å². The van der Waals surface area contributed by atoms with E-state index in [0.717, 1.165) is 19.4 Å². The molecule has 1 atom stereocenters. The molecule has 0 aliphatic rings. The standard InChI is InChI=1S/C11H20N4S/c1-3-7-13-11(15-12)14-9(4-2)10-6-5-8-16-10/h5-6,8-9H,3-4,7,12H2,1-2H3,(H2,13,14,15). The van der Waals surface area contributed by atoms with Gasteiger partial charge in [-0.2, -0.15) is 0 Å². The molecule has 1 heterocycles. The van der Waals surface area contributed by atoms with Crippen molar-refractivity contribution in [3.05, 3.63) is 22.4 Å². The number of aliphatic imine (C=N–C) groups is 1. The number of thiophene rings is 1. The van der Waals surface area contributed by atoms with Crippen molar-refractivity contribution in [3.8, 4) is 0 Å².